The first-order valence-electron chi connectivity index (χ1n) is 18.6. The Hall–Kier alpha value is -6.18. The Morgan fingerprint density at radius 1 is 0.365 bits per heavy atom. The van der Waals surface area contributed by atoms with E-state index in [-0.39, 0.29) is 5.41 Å². The van der Waals surface area contributed by atoms with Gasteiger partial charge in [0.25, 0.3) is 0 Å². The molecule has 8 aromatic carbocycles. The number of rotatable bonds is 8. The lowest BCUT2D eigenvalue weighted by Gasteiger charge is -2.32. The molecule has 8 aromatic rings. The molecule has 0 N–H and O–H groups in total. The zero-order valence-electron chi connectivity index (χ0n) is 29.8. The van der Waals surface area contributed by atoms with Crippen LogP contribution in [0.2, 0.25) is 0 Å². The molecule has 0 saturated heterocycles. The molecule has 0 spiro atoms. The Kier molecular flexibility index (Phi) is 8.05. The topological polar surface area (TPSA) is 3.24 Å². The second-order valence-electron chi connectivity index (χ2n) is 13.9. The maximum Gasteiger partial charge on any atom is 0.0540 e. The number of fused-ring (bicyclic) bond motifs is 4. The predicted octanol–water partition coefficient (Wildman–Crippen LogP) is 14.4. The molecule has 0 bridgehead atoms. The van der Waals surface area contributed by atoms with Crippen LogP contribution in [0.15, 0.2) is 188 Å². The highest BCUT2D eigenvalue weighted by atomic mass is 15.1. The van der Waals surface area contributed by atoms with E-state index in [1.165, 1.54) is 72.1 Å². The van der Waals surface area contributed by atoms with E-state index in [1.807, 2.05) is 0 Å². The lowest BCUT2D eigenvalue weighted by Crippen LogP contribution is -2.23. The van der Waals surface area contributed by atoms with Crippen LogP contribution >= 0.6 is 0 Å². The molecule has 0 aromatic heterocycles. The van der Waals surface area contributed by atoms with E-state index in [0.29, 0.717) is 0 Å². The monoisotopic (exact) mass is 667 g/mol. The van der Waals surface area contributed by atoms with Gasteiger partial charge in [-0.3, -0.25) is 0 Å². The van der Waals surface area contributed by atoms with Crippen molar-refractivity contribution in [3.63, 3.8) is 0 Å². The predicted molar refractivity (Wildman–Crippen MR) is 222 cm³/mol. The summed E-state index contributed by atoms with van der Waals surface area (Å²) in [5.41, 5.74) is 16.3. The van der Waals surface area contributed by atoms with Crippen molar-refractivity contribution in [2.24, 2.45) is 0 Å². The average Bonchev–Trinajstić information content (AvgIpc) is 3.49. The number of benzene rings is 8. The fraction of sp³-hybridized carbons (Fsp3) is 0.0980. The Bertz CT molecular complexity index is 2530. The molecule has 9 rings (SSSR count). The normalized spacial score (nSPS) is 12.7. The van der Waals surface area contributed by atoms with E-state index < -0.39 is 0 Å². The Morgan fingerprint density at radius 2 is 0.846 bits per heavy atom. The van der Waals surface area contributed by atoms with Gasteiger partial charge < -0.3 is 4.90 Å². The van der Waals surface area contributed by atoms with Gasteiger partial charge in [-0.1, -0.05) is 159 Å². The molecule has 0 aliphatic heterocycles. The number of hydrogen-bond donors (Lipinski definition) is 0. The zero-order valence-corrected chi connectivity index (χ0v) is 29.8. The van der Waals surface area contributed by atoms with Crippen LogP contribution in [0.25, 0.3) is 55.3 Å². The van der Waals surface area contributed by atoms with Gasteiger partial charge in [-0.25, -0.2) is 0 Å². The molecule has 1 aliphatic rings. The van der Waals surface area contributed by atoms with Crippen LogP contribution in [-0.2, 0) is 5.41 Å². The van der Waals surface area contributed by atoms with Crippen molar-refractivity contribution in [1.82, 2.24) is 0 Å². The SMILES string of the molecule is CCC1(CC)c2cc(N(c3ccc(-c4ccccc4-c4ccccc4)cc3)c3ccccc3-c3ccccc3)ccc2-c2cc3ccccc3cc21. The standard InChI is InChI=1S/C51H41N/c1-3-51(4-2)48-34-40-22-12-11-21-39(40)33-47(48)46-32-31-42(35-49(46)51)52(50-26-16-15-25-45(50)37-19-9-6-10-20-37)41-29-27-38(28-30-41)44-24-14-13-23-43(44)36-17-7-5-8-18-36/h5-35H,3-4H2,1-2H3. The maximum atomic E-state index is 2.49. The third-order valence-corrected chi connectivity index (χ3v) is 11.4. The quantitative estimate of drug-likeness (QED) is 0.156. The second kappa shape index (κ2) is 13.2. The first-order valence-corrected chi connectivity index (χ1v) is 18.6. The molecule has 0 heterocycles. The minimum absolute atomic E-state index is 0.0552. The molecule has 1 heteroatoms. The zero-order chi connectivity index (χ0) is 35.1. The number of hydrogen-bond acceptors (Lipinski definition) is 1. The van der Waals surface area contributed by atoms with E-state index in [2.05, 4.69) is 207 Å². The Morgan fingerprint density at radius 3 is 1.48 bits per heavy atom. The molecule has 250 valence electrons. The van der Waals surface area contributed by atoms with Gasteiger partial charge in [0, 0.05) is 22.4 Å². The number of nitrogens with zero attached hydrogens (tertiary/aromatic N) is 1. The third kappa shape index (κ3) is 5.24. The smallest absolute Gasteiger partial charge is 0.0540 e. The molecule has 1 aliphatic carbocycles. The van der Waals surface area contributed by atoms with Gasteiger partial charge in [-0.15, -0.1) is 0 Å². The van der Waals surface area contributed by atoms with Gasteiger partial charge in [-0.2, -0.15) is 0 Å². The van der Waals surface area contributed by atoms with Crippen molar-refractivity contribution in [3.05, 3.63) is 199 Å². The van der Waals surface area contributed by atoms with Crippen LogP contribution in [-0.4, -0.2) is 0 Å². The molecular formula is C51H41N. The lowest BCUT2D eigenvalue weighted by molar-refractivity contribution is 0.491. The fourth-order valence-corrected chi connectivity index (χ4v) is 8.67. The Balaban J connectivity index is 1.22. The highest BCUT2D eigenvalue weighted by Crippen LogP contribution is 2.55. The van der Waals surface area contributed by atoms with Gasteiger partial charge >= 0.3 is 0 Å². The first-order chi connectivity index (χ1) is 25.7. The molecule has 0 unspecified atom stereocenters. The van der Waals surface area contributed by atoms with Gasteiger partial charge in [0.1, 0.15) is 0 Å². The minimum atomic E-state index is -0.0552. The van der Waals surface area contributed by atoms with E-state index in [4.69, 9.17) is 0 Å². The molecular weight excluding hydrogens is 627 g/mol. The minimum Gasteiger partial charge on any atom is -0.310 e. The highest BCUT2D eigenvalue weighted by Gasteiger charge is 2.41. The number of para-hydroxylation sites is 1. The molecule has 0 saturated carbocycles. The summed E-state index contributed by atoms with van der Waals surface area (Å²) < 4.78 is 0. The van der Waals surface area contributed by atoms with Crippen molar-refractivity contribution in [3.8, 4) is 44.5 Å². The van der Waals surface area contributed by atoms with E-state index >= 15 is 0 Å². The summed E-state index contributed by atoms with van der Waals surface area (Å²) in [6.45, 7) is 4.72. The van der Waals surface area contributed by atoms with Crippen molar-refractivity contribution in [2.45, 2.75) is 32.1 Å². The van der Waals surface area contributed by atoms with Gasteiger partial charge in [0.15, 0.2) is 0 Å². The van der Waals surface area contributed by atoms with E-state index in [9.17, 15) is 0 Å². The Labute approximate surface area is 307 Å². The van der Waals surface area contributed by atoms with Crippen LogP contribution in [0, 0.1) is 0 Å². The summed E-state index contributed by atoms with van der Waals surface area (Å²) in [4.78, 5) is 2.46. The van der Waals surface area contributed by atoms with Crippen LogP contribution in [0.3, 0.4) is 0 Å². The summed E-state index contributed by atoms with van der Waals surface area (Å²) in [5, 5.41) is 2.61. The number of anilines is 3. The molecule has 0 atom stereocenters. The molecule has 0 amide bonds. The van der Waals surface area contributed by atoms with Crippen LogP contribution in [0.5, 0.6) is 0 Å². The second-order valence-corrected chi connectivity index (χ2v) is 13.9. The van der Waals surface area contributed by atoms with Gasteiger partial charge in [0.2, 0.25) is 0 Å². The largest absolute Gasteiger partial charge is 0.310 e. The van der Waals surface area contributed by atoms with Gasteiger partial charge in [-0.05, 0) is 116 Å². The highest BCUT2D eigenvalue weighted by molar-refractivity contribution is 5.96. The first kappa shape index (κ1) is 31.8. The van der Waals surface area contributed by atoms with Gasteiger partial charge in [0.05, 0.1) is 5.69 Å². The van der Waals surface area contributed by atoms with Crippen molar-refractivity contribution >= 4 is 27.8 Å². The van der Waals surface area contributed by atoms with Crippen LogP contribution in [0.4, 0.5) is 17.1 Å². The molecule has 0 radical (unpaired) electrons. The third-order valence-electron chi connectivity index (χ3n) is 11.4. The molecule has 1 nitrogen and oxygen atoms in total. The van der Waals surface area contributed by atoms with Crippen molar-refractivity contribution in [2.75, 3.05) is 4.90 Å². The molecule has 52 heavy (non-hydrogen) atoms. The summed E-state index contributed by atoms with van der Waals surface area (Å²) in [7, 11) is 0. The van der Waals surface area contributed by atoms with Crippen molar-refractivity contribution < 1.29 is 0 Å². The maximum absolute atomic E-state index is 2.49. The summed E-state index contributed by atoms with van der Waals surface area (Å²) >= 11 is 0. The fourth-order valence-electron chi connectivity index (χ4n) is 8.67. The van der Waals surface area contributed by atoms with Crippen LogP contribution in [0.1, 0.15) is 37.8 Å². The summed E-state index contributed by atoms with van der Waals surface area (Å²) in [5.74, 6) is 0. The average molecular weight is 668 g/mol. The lowest BCUT2D eigenvalue weighted by atomic mass is 9.73. The molecule has 0 fully saturated rings. The summed E-state index contributed by atoms with van der Waals surface area (Å²) in [6, 6.07) is 69.0. The van der Waals surface area contributed by atoms with E-state index in [1.54, 1.807) is 0 Å². The van der Waals surface area contributed by atoms with Crippen LogP contribution < -0.4 is 4.90 Å². The van der Waals surface area contributed by atoms with Crippen molar-refractivity contribution in [1.29, 1.82) is 0 Å². The summed E-state index contributed by atoms with van der Waals surface area (Å²) in [6.07, 6.45) is 2.09. The van der Waals surface area contributed by atoms with E-state index in [0.717, 1.165) is 24.2 Å².